The van der Waals surface area contributed by atoms with E-state index in [9.17, 15) is 0 Å². The van der Waals surface area contributed by atoms with Gasteiger partial charge in [0.2, 0.25) is 0 Å². The fraction of sp³-hybridized carbons (Fsp3) is 0.118. The maximum absolute atomic E-state index is 5.42. The molecule has 0 spiro atoms. The molecule has 1 nitrogen and oxygen atoms in total. The summed E-state index contributed by atoms with van der Waals surface area (Å²) in [6.07, 6.45) is 3.05. The predicted molar refractivity (Wildman–Crippen MR) is 92.1 cm³/mol. The minimum Gasteiger partial charge on any atom is -0.359 e. The highest BCUT2D eigenvalue weighted by atomic mass is 32.2. The zero-order valence-corrected chi connectivity index (χ0v) is 12.6. The van der Waals surface area contributed by atoms with E-state index in [4.69, 9.17) is 12.2 Å². The Morgan fingerprint density at radius 1 is 0.950 bits per heavy atom. The van der Waals surface area contributed by atoms with Gasteiger partial charge in [0.15, 0.2) is 0 Å². The lowest BCUT2D eigenvalue weighted by molar-refractivity contribution is 0.921. The first-order chi connectivity index (χ1) is 9.81. The highest BCUT2D eigenvalue weighted by molar-refractivity contribution is 8.23. The lowest BCUT2D eigenvalue weighted by Gasteiger charge is -2.24. The summed E-state index contributed by atoms with van der Waals surface area (Å²) in [5.74, 6) is 0. The molecule has 3 rings (SSSR count). The number of para-hydroxylation sites is 1. The van der Waals surface area contributed by atoms with Gasteiger partial charge in [0.05, 0.1) is 4.20 Å². The van der Waals surface area contributed by atoms with Crippen molar-refractivity contribution in [1.29, 1.82) is 0 Å². The Morgan fingerprint density at radius 3 is 2.30 bits per heavy atom. The van der Waals surface area contributed by atoms with Gasteiger partial charge in [-0.25, -0.2) is 0 Å². The lowest BCUT2D eigenvalue weighted by atomic mass is 10.1. The summed E-state index contributed by atoms with van der Waals surface area (Å²) in [4.78, 5) is 0. The van der Waals surface area contributed by atoms with E-state index in [2.05, 4.69) is 47.8 Å². The predicted octanol–water partition coefficient (Wildman–Crippen LogP) is 5.19. The number of allylic oxidation sites excluding steroid dienone is 1. The Bertz CT molecular complexity index is 620. The monoisotopic (exact) mass is 297 g/mol. The molecule has 0 radical (unpaired) electrons. The highest BCUT2D eigenvalue weighted by Crippen LogP contribution is 2.39. The van der Waals surface area contributed by atoms with Crippen molar-refractivity contribution in [2.75, 3.05) is 5.32 Å². The van der Waals surface area contributed by atoms with Crippen LogP contribution in [0.4, 0.5) is 5.69 Å². The number of benzene rings is 2. The molecule has 0 aromatic heterocycles. The third kappa shape index (κ3) is 3.30. The van der Waals surface area contributed by atoms with E-state index in [1.165, 1.54) is 11.3 Å². The van der Waals surface area contributed by atoms with Crippen LogP contribution in [0, 0.1) is 0 Å². The van der Waals surface area contributed by atoms with Gasteiger partial charge in [-0.15, -0.1) is 11.8 Å². The zero-order chi connectivity index (χ0) is 13.8. The first-order valence-corrected chi connectivity index (χ1v) is 7.88. The quantitative estimate of drug-likeness (QED) is 0.783. The van der Waals surface area contributed by atoms with Gasteiger partial charge in [-0.3, -0.25) is 0 Å². The molecule has 0 saturated carbocycles. The molecule has 1 aliphatic heterocycles. The smallest absolute Gasteiger partial charge is 0.0729 e. The van der Waals surface area contributed by atoms with E-state index in [1.807, 2.05) is 24.3 Å². The second-order valence-corrected chi connectivity index (χ2v) is 6.64. The normalized spacial score (nSPS) is 18.5. The number of anilines is 1. The summed E-state index contributed by atoms with van der Waals surface area (Å²) >= 11 is 7.19. The molecule has 100 valence electrons. The molecule has 0 aliphatic carbocycles. The Labute approximate surface area is 129 Å². The molecule has 1 heterocycles. The molecule has 0 amide bonds. The van der Waals surface area contributed by atoms with E-state index < -0.39 is 0 Å². The van der Waals surface area contributed by atoms with Gasteiger partial charge in [-0.2, -0.15) is 0 Å². The molecule has 1 atom stereocenters. The molecule has 2 aromatic rings. The number of thiocarbonyl (C=S) groups is 1. The van der Waals surface area contributed by atoms with Gasteiger partial charge in [0.25, 0.3) is 0 Å². The van der Waals surface area contributed by atoms with Crippen molar-refractivity contribution in [3.63, 3.8) is 0 Å². The third-order valence-electron chi connectivity index (χ3n) is 3.21. The average Bonchev–Trinajstić information content (AvgIpc) is 2.49. The Balaban J connectivity index is 1.78. The van der Waals surface area contributed by atoms with Crippen molar-refractivity contribution >= 4 is 33.9 Å². The van der Waals surface area contributed by atoms with Crippen molar-refractivity contribution in [2.24, 2.45) is 0 Å². The van der Waals surface area contributed by atoms with Crippen LogP contribution in [0.25, 0.3) is 0 Å². The maximum Gasteiger partial charge on any atom is 0.0729 e. The summed E-state index contributed by atoms with van der Waals surface area (Å²) in [6, 6.07) is 20.8. The first-order valence-electron chi connectivity index (χ1n) is 6.59. The standard InChI is InChI=1S/C17H15NS2/c19-17-12-15(18-14-9-5-2-6-10-14)11-16(20-17)13-7-3-1-4-8-13/h1-10,12,16,18H,11H2/t16-/m1/s1. The molecular formula is C17H15NS2. The van der Waals surface area contributed by atoms with Gasteiger partial charge in [0, 0.05) is 23.1 Å². The first kappa shape index (κ1) is 13.4. The molecule has 0 fully saturated rings. The van der Waals surface area contributed by atoms with Crippen molar-refractivity contribution in [3.05, 3.63) is 78.0 Å². The largest absolute Gasteiger partial charge is 0.359 e. The third-order valence-corrected chi connectivity index (χ3v) is 4.69. The molecule has 0 unspecified atom stereocenters. The van der Waals surface area contributed by atoms with Crippen LogP contribution in [0.2, 0.25) is 0 Å². The number of hydrogen-bond acceptors (Lipinski definition) is 3. The lowest BCUT2D eigenvalue weighted by Crippen LogP contribution is -2.11. The van der Waals surface area contributed by atoms with Crippen molar-refractivity contribution in [1.82, 2.24) is 0 Å². The number of nitrogens with one attached hydrogen (secondary N) is 1. The molecule has 1 N–H and O–H groups in total. The van der Waals surface area contributed by atoms with E-state index in [0.717, 1.165) is 16.3 Å². The van der Waals surface area contributed by atoms with Gasteiger partial charge in [-0.1, -0.05) is 60.7 Å². The maximum atomic E-state index is 5.42. The summed E-state index contributed by atoms with van der Waals surface area (Å²) in [7, 11) is 0. The second-order valence-electron chi connectivity index (χ2n) is 4.70. The van der Waals surface area contributed by atoms with Crippen molar-refractivity contribution in [2.45, 2.75) is 11.7 Å². The summed E-state index contributed by atoms with van der Waals surface area (Å²) < 4.78 is 0.948. The van der Waals surface area contributed by atoms with Crippen LogP contribution in [0.15, 0.2) is 72.4 Å². The van der Waals surface area contributed by atoms with Gasteiger partial charge < -0.3 is 5.32 Å². The number of thioether (sulfide) groups is 1. The van der Waals surface area contributed by atoms with E-state index in [1.54, 1.807) is 11.8 Å². The highest BCUT2D eigenvalue weighted by Gasteiger charge is 2.20. The number of rotatable bonds is 3. The van der Waals surface area contributed by atoms with Gasteiger partial charge in [-0.05, 0) is 23.8 Å². The van der Waals surface area contributed by atoms with E-state index in [-0.39, 0.29) is 0 Å². The van der Waals surface area contributed by atoms with Gasteiger partial charge >= 0.3 is 0 Å². The van der Waals surface area contributed by atoms with Gasteiger partial charge in [0.1, 0.15) is 0 Å². The molecule has 0 saturated heterocycles. The zero-order valence-electron chi connectivity index (χ0n) is 11.0. The minimum atomic E-state index is 0.403. The Hall–Kier alpha value is -1.58. The van der Waals surface area contributed by atoms with Crippen LogP contribution in [0.3, 0.4) is 0 Å². The second kappa shape index (κ2) is 6.25. The molecular weight excluding hydrogens is 282 g/mol. The average molecular weight is 297 g/mol. The van der Waals surface area contributed by atoms with Crippen LogP contribution >= 0.6 is 24.0 Å². The van der Waals surface area contributed by atoms with Crippen LogP contribution in [0.5, 0.6) is 0 Å². The topological polar surface area (TPSA) is 12.0 Å². The van der Waals surface area contributed by atoms with Crippen LogP contribution in [0.1, 0.15) is 17.2 Å². The fourth-order valence-corrected chi connectivity index (χ4v) is 3.80. The Morgan fingerprint density at radius 2 is 1.60 bits per heavy atom. The fourth-order valence-electron chi connectivity index (χ4n) is 2.26. The number of hydrogen-bond donors (Lipinski definition) is 1. The SMILES string of the molecule is S=C1C=C(Nc2ccccc2)C[C@H](c2ccccc2)S1. The van der Waals surface area contributed by atoms with Crippen molar-refractivity contribution in [3.8, 4) is 0 Å². The summed E-state index contributed by atoms with van der Waals surface area (Å²) in [5, 5.41) is 3.87. The van der Waals surface area contributed by atoms with Crippen molar-refractivity contribution < 1.29 is 0 Å². The Kier molecular flexibility index (Phi) is 4.19. The minimum absolute atomic E-state index is 0.403. The van der Waals surface area contributed by atoms with Crippen LogP contribution in [-0.4, -0.2) is 4.20 Å². The molecule has 20 heavy (non-hydrogen) atoms. The summed E-state index contributed by atoms with van der Waals surface area (Å²) in [6.45, 7) is 0. The molecule has 2 aromatic carbocycles. The molecule has 1 aliphatic rings. The molecule has 3 heteroatoms. The molecule has 0 bridgehead atoms. The van der Waals surface area contributed by atoms with Crippen LogP contribution in [-0.2, 0) is 0 Å². The van der Waals surface area contributed by atoms with E-state index in [0.29, 0.717) is 5.25 Å². The van der Waals surface area contributed by atoms with Crippen LogP contribution < -0.4 is 5.32 Å². The summed E-state index contributed by atoms with van der Waals surface area (Å²) in [5.41, 5.74) is 3.63. The van der Waals surface area contributed by atoms with E-state index >= 15 is 0 Å².